The largest absolute Gasteiger partial charge is 0.462 e. The van der Waals surface area contributed by atoms with Crippen molar-refractivity contribution in [3.63, 3.8) is 0 Å². The highest BCUT2D eigenvalue weighted by molar-refractivity contribution is 7.81. The summed E-state index contributed by atoms with van der Waals surface area (Å²) in [5, 5.41) is 7.98. The van der Waals surface area contributed by atoms with E-state index in [9.17, 15) is 4.79 Å². The van der Waals surface area contributed by atoms with Crippen LogP contribution in [0.5, 0.6) is 0 Å². The molecule has 0 rings (SSSR count). The lowest BCUT2D eigenvalue weighted by Crippen LogP contribution is -2.18. The van der Waals surface area contributed by atoms with Crippen LogP contribution >= 0.6 is 12.6 Å². The van der Waals surface area contributed by atoms with E-state index in [0.29, 0.717) is 26.4 Å². The Kier molecular flexibility index (Phi) is 10.0. The number of carbonyl (C=O) groups excluding carboxylic acids is 1. The highest BCUT2D eigenvalue weighted by Crippen LogP contribution is 1.95. The van der Waals surface area contributed by atoms with Crippen LogP contribution in [0.3, 0.4) is 0 Å². The van der Waals surface area contributed by atoms with Gasteiger partial charge in [-0.3, -0.25) is 4.79 Å². The molecule has 0 radical (unpaired) electrons. The molecule has 1 unspecified atom stereocenters. The van der Waals surface area contributed by atoms with E-state index in [2.05, 4.69) is 12.6 Å². The number of aliphatic hydroxyl groups is 1. The Bertz CT molecular complexity index is 163. The molecule has 1 N–H and O–H groups in total. The molecule has 0 aliphatic carbocycles. The smallest absolute Gasteiger partial charge is 0.318 e. The number of hydrogen-bond donors (Lipinski definition) is 2. The highest BCUT2D eigenvalue weighted by Gasteiger charge is 2.07. The van der Waals surface area contributed by atoms with Gasteiger partial charge >= 0.3 is 5.97 Å². The first-order valence-corrected chi connectivity index (χ1v) is 5.31. The SMILES string of the molecule is CC(S)C(=O)OCCOCCOCCO. The van der Waals surface area contributed by atoms with Gasteiger partial charge in [-0.2, -0.15) is 12.6 Å². The molecule has 0 aromatic heterocycles. The normalized spacial score (nSPS) is 12.5. The fourth-order valence-electron chi connectivity index (χ4n) is 0.708. The predicted octanol–water partition coefficient (Wildman–Crippen LogP) is -0.127. The number of rotatable bonds is 9. The molecule has 0 amide bonds. The van der Waals surface area contributed by atoms with Gasteiger partial charge in [0.1, 0.15) is 6.61 Å². The highest BCUT2D eigenvalue weighted by atomic mass is 32.1. The third-order valence-corrected chi connectivity index (χ3v) is 1.63. The van der Waals surface area contributed by atoms with Gasteiger partial charge in [-0.15, -0.1) is 0 Å². The van der Waals surface area contributed by atoms with Crippen molar-refractivity contribution in [3.05, 3.63) is 0 Å². The summed E-state index contributed by atoms with van der Waals surface area (Å²) in [7, 11) is 0. The summed E-state index contributed by atoms with van der Waals surface area (Å²) in [5.41, 5.74) is 0. The number of esters is 1. The van der Waals surface area contributed by atoms with Crippen LogP contribution < -0.4 is 0 Å². The second-order valence-electron chi connectivity index (χ2n) is 2.79. The summed E-state index contributed by atoms with van der Waals surface area (Å²) in [6.45, 7) is 3.39. The van der Waals surface area contributed by atoms with Crippen LogP contribution in [0, 0.1) is 0 Å². The Morgan fingerprint density at radius 2 is 1.73 bits per heavy atom. The first-order valence-electron chi connectivity index (χ1n) is 4.79. The molecule has 0 aliphatic heterocycles. The molecule has 0 aromatic rings. The van der Waals surface area contributed by atoms with Gasteiger partial charge in [-0.25, -0.2) is 0 Å². The van der Waals surface area contributed by atoms with Crippen LogP contribution in [0.15, 0.2) is 0 Å². The minimum atomic E-state index is -0.405. The van der Waals surface area contributed by atoms with E-state index < -0.39 is 5.25 Å². The molecule has 0 aliphatic rings. The zero-order valence-electron chi connectivity index (χ0n) is 8.85. The Hall–Kier alpha value is -0.300. The molecule has 15 heavy (non-hydrogen) atoms. The van der Waals surface area contributed by atoms with Crippen LogP contribution in [0.25, 0.3) is 0 Å². The van der Waals surface area contributed by atoms with E-state index in [-0.39, 0.29) is 19.2 Å². The molecule has 0 aromatic carbocycles. The van der Waals surface area contributed by atoms with E-state index in [1.807, 2.05) is 0 Å². The third-order valence-electron chi connectivity index (χ3n) is 1.42. The fraction of sp³-hybridized carbons (Fsp3) is 0.889. The molecule has 0 saturated heterocycles. The standard InChI is InChI=1S/C9H18O5S/c1-8(15)9(11)14-7-6-13-5-4-12-3-2-10/h8,10,15H,2-7H2,1H3. The summed E-state index contributed by atoms with van der Waals surface area (Å²) in [5.74, 6) is -0.349. The van der Waals surface area contributed by atoms with Crippen LogP contribution in [0.4, 0.5) is 0 Å². The Morgan fingerprint density at radius 3 is 2.27 bits per heavy atom. The summed E-state index contributed by atoms with van der Waals surface area (Å²) in [6.07, 6.45) is 0. The van der Waals surface area contributed by atoms with Crippen LogP contribution in [-0.2, 0) is 19.0 Å². The van der Waals surface area contributed by atoms with E-state index in [1.165, 1.54) is 0 Å². The van der Waals surface area contributed by atoms with Crippen molar-refractivity contribution in [2.45, 2.75) is 12.2 Å². The Morgan fingerprint density at radius 1 is 1.20 bits per heavy atom. The number of aliphatic hydroxyl groups excluding tert-OH is 1. The first kappa shape index (κ1) is 14.7. The molecule has 1 atom stereocenters. The van der Waals surface area contributed by atoms with E-state index in [1.54, 1.807) is 6.92 Å². The number of carbonyl (C=O) groups is 1. The lowest BCUT2D eigenvalue weighted by Gasteiger charge is -2.07. The number of hydrogen-bond acceptors (Lipinski definition) is 6. The van der Waals surface area contributed by atoms with Gasteiger partial charge in [0.25, 0.3) is 0 Å². The molecule has 0 spiro atoms. The van der Waals surface area contributed by atoms with Gasteiger partial charge in [0.15, 0.2) is 0 Å². The minimum Gasteiger partial charge on any atom is -0.462 e. The third kappa shape index (κ3) is 9.99. The van der Waals surface area contributed by atoms with E-state index in [4.69, 9.17) is 19.3 Å². The van der Waals surface area contributed by atoms with Crippen molar-refractivity contribution in [1.29, 1.82) is 0 Å². The molecule has 0 bridgehead atoms. The van der Waals surface area contributed by atoms with E-state index >= 15 is 0 Å². The predicted molar refractivity (Wildman–Crippen MR) is 58.1 cm³/mol. The average Bonchev–Trinajstić information content (AvgIpc) is 2.21. The minimum absolute atomic E-state index is 0.0114. The topological polar surface area (TPSA) is 65.0 Å². The van der Waals surface area contributed by atoms with Gasteiger partial charge in [0.2, 0.25) is 0 Å². The number of ether oxygens (including phenoxy) is 3. The Balaban J connectivity index is 3.08. The average molecular weight is 238 g/mol. The lowest BCUT2D eigenvalue weighted by atomic mass is 10.5. The van der Waals surface area contributed by atoms with Crippen molar-refractivity contribution in [3.8, 4) is 0 Å². The van der Waals surface area contributed by atoms with Gasteiger partial charge < -0.3 is 19.3 Å². The summed E-state index contributed by atoms with van der Waals surface area (Å²) >= 11 is 3.92. The molecule has 5 nitrogen and oxygen atoms in total. The molecule has 0 heterocycles. The van der Waals surface area contributed by atoms with Crippen molar-refractivity contribution in [1.82, 2.24) is 0 Å². The van der Waals surface area contributed by atoms with Crippen molar-refractivity contribution < 1.29 is 24.1 Å². The summed E-state index contributed by atoms with van der Waals surface area (Å²) in [4.78, 5) is 10.9. The first-order chi connectivity index (χ1) is 7.18. The zero-order chi connectivity index (χ0) is 11.5. The fourth-order valence-corrected chi connectivity index (χ4v) is 0.783. The van der Waals surface area contributed by atoms with Crippen molar-refractivity contribution in [2.24, 2.45) is 0 Å². The zero-order valence-corrected chi connectivity index (χ0v) is 9.74. The van der Waals surface area contributed by atoms with Crippen LogP contribution in [-0.4, -0.2) is 56.0 Å². The van der Waals surface area contributed by atoms with Gasteiger partial charge in [-0.05, 0) is 6.92 Å². The molecular weight excluding hydrogens is 220 g/mol. The van der Waals surface area contributed by atoms with Crippen molar-refractivity contribution >= 4 is 18.6 Å². The second-order valence-corrected chi connectivity index (χ2v) is 3.57. The van der Waals surface area contributed by atoms with Gasteiger partial charge in [0.05, 0.1) is 38.3 Å². The molecule has 90 valence electrons. The summed E-state index contributed by atoms with van der Waals surface area (Å²) < 4.78 is 14.9. The lowest BCUT2D eigenvalue weighted by molar-refractivity contribution is -0.144. The van der Waals surface area contributed by atoms with Crippen LogP contribution in [0.1, 0.15) is 6.92 Å². The van der Waals surface area contributed by atoms with Gasteiger partial charge in [0, 0.05) is 0 Å². The van der Waals surface area contributed by atoms with Gasteiger partial charge in [-0.1, -0.05) is 0 Å². The molecule has 6 heteroatoms. The number of thiol groups is 1. The maximum atomic E-state index is 10.9. The molecule has 0 saturated carbocycles. The molecule has 0 fully saturated rings. The monoisotopic (exact) mass is 238 g/mol. The van der Waals surface area contributed by atoms with Crippen LogP contribution in [0.2, 0.25) is 0 Å². The van der Waals surface area contributed by atoms with Crippen molar-refractivity contribution in [2.75, 3.05) is 39.6 Å². The second kappa shape index (κ2) is 10.2. The quantitative estimate of drug-likeness (QED) is 0.333. The summed E-state index contributed by atoms with van der Waals surface area (Å²) in [6, 6.07) is 0. The van der Waals surface area contributed by atoms with E-state index in [0.717, 1.165) is 0 Å². The Labute approximate surface area is 95.1 Å². The molecular formula is C9H18O5S. The maximum Gasteiger partial charge on any atom is 0.318 e. The maximum absolute atomic E-state index is 10.9.